The van der Waals surface area contributed by atoms with Crippen molar-refractivity contribution in [3.8, 4) is 0 Å². The van der Waals surface area contributed by atoms with Crippen molar-refractivity contribution < 1.29 is 9.53 Å². The van der Waals surface area contributed by atoms with Crippen molar-refractivity contribution in [3.05, 3.63) is 41.5 Å². The fraction of sp³-hybridized carbons (Fsp3) is 0.524. The highest BCUT2D eigenvalue weighted by Crippen LogP contribution is 2.37. The number of aliphatic imine (C=N–C) groups is 1. The lowest BCUT2D eigenvalue weighted by atomic mass is 9.81. The van der Waals surface area contributed by atoms with Crippen molar-refractivity contribution in [1.82, 2.24) is 0 Å². The van der Waals surface area contributed by atoms with Gasteiger partial charge in [-0.15, -0.1) is 0 Å². The number of carbonyl (C=O) groups excluding carboxylic acids is 1. The Kier molecular flexibility index (Phi) is 6.36. The quantitative estimate of drug-likeness (QED) is 0.656. The molecule has 24 heavy (non-hydrogen) atoms. The van der Waals surface area contributed by atoms with Gasteiger partial charge in [-0.2, -0.15) is 0 Å². The minimum Gasteiger partial charge on any atom is -0.466 e. The molecule has 0 aliphatic carbocycles. The molecule has 1 aliphatic rings. The molecule has 1 aromatic carbocycles. The topological polar surface area (TPSA) is 38.7 Å². The molecule has 0 saturated carbocycles. The van der Waals surface area contributed by atoms with E-state index in [0.717, 1.165) is 19.3 Å². The molecule has 3 heteroatoms. The smallest absolute Gasteiger partial charge is 0.305 e. The second-order valence-electron chi connectivity index (χ2n) is 7.15. The van der Waals surface area contributed by atoms with Gasteiger partial charge in [0.15, 0.2) is 0 Å². The zero-order valence-electron chi connectivity index (χ0n) is 15.3. The molecule has 0 bridgehead atoms. The first-order chi connectivity index (χ1) is 11.4. The molecule has 0 aromatic heterocycles. The van der Waals surface area contributed by atoms with Gasteiger partial charge in [0.25, 0.3) is 0 Å². The molecule has 0 radical (unpaired) electrons. The number of allylic oxidation sites excluding steroid dienone is 1. The van der Waals surface area contributed by atoms with Crippen LogP contribution < -0.4 is 0 Å². The number of ether oxygens (including phenoxy) is 1. The summed E-state index contributed by atoms with van der Waals surface area (Å²) in [4.78, 5) is 16.4. The Labute approximate surface area is 145 Å². The van der Waals surface area contributed by atoms with Crippen LogP contribution >= 0.6 is 0 Å². The molecule has 1 atom stereocenters. The van der Waals surface area contributed by atoms with Gasteiger partial charge in [-0.3, -0.25) is 9.79 Å². The molecule has 2 rings (SSSR count). The van der Waals surface area contributed by atoms with Crippen LogP contribution in [0.3, 0.4) is 0 Å². The maximum Gasteiger partial charge on any atom is 0.305 e. The summed E-state index contributed by atoms with van der Waals surface area (Å²) in [5.74, 6) is -0.0980. The Balaban J connectivity index is 2.00. The summed E-state index contributed by atoms with van der Waals surface area (Å²) in [5, 5.41) is 0. The van der Waals surface area contributed by atoms with E-state index in [1.54, 1.807) is 0 Å². The SMILES string of the molecule is CCOC(=O)CCC[C@@H]1CC(C)(C)C(/C(C)=C/c2ccccc2)=N1. The van der Waals surface area contributed by atoms with Gasteiger partial charge in [-0.1, -0.05) is 50.3 Å². The van der Waals surface area contributed by atoms with Crippen molar-refractivity contribution in [2.24, 2.45) is 10.4 Å². The van der Waals surface area contributed by atoms with E-state index >= 15 is 0 Å². The molecule has 1 aromatic rings. The first-order valence-corrected chi connectivity index (χ1v) is 8.90. The fourth-order valence-electron chi connectivity index (χ4n) is 3.47. The van der Waals surface area contributed by atoms with E-state index in [9.17, 15) is 4.79 Å². The molecule has 1 aliphatic heterocycles. The van der Waals surface area contributed by atoms with Crippen LogP contribution in [0, 0.1) is 5.41 Å². The van der Waals surface area contributed by atoms with Crippen molar-refractivity contribution >= 4 is 17.8 Å². The van der Waals surface area contributed by atoms with Gasteiger partial charge in [-0.25, -0.2) is 0 Å². The highest BCUT2D eigenvalue weighted by atomic mass is 16.5. The zero-order chi connectivity index (χ0) is 17.6. The first-order valence-electron chi connectivity index (χ1n) is 8.90. The lowest BCUT2D eigenvalue weighted by molar-refractivity contribution is -0.143. The molecule has 0 N–H and O–H groups in total. The second-order valence-corrected chi connectivity index (χ2v) is 7.15. The predicted molar refractivity (Wildman–Crippen MR) is 100 cm³/mol. The van der Waals surface area contributed by atoms with Gasteiger partial charge in [0, 0.05) is 17.5 Å². The molecule has 1 heterocycles. The Morgan fingerprint density at radius 3 is 2.71 bits per heavy atom. The Morgan fingerprint density at radius 1 is 1.33 bits per heavy atom. The number of nitrogens with zero attached hydrogens (tertiary/aromatic N) is 1. The number of carbonyl (C=O) groups is 1. The molecule has 0 unspecified atom stereocenters. The zero-order valence-corrected chi connectivity index (χ0v) is 15.3. The van der Waals surface area contributed by atoms with Crippen LogP contribution in [0.25, 0.3) is 6.08 Å². The standard InChI is InChI=1S/C21H29NO2/c1-5-24-19(23)13-9-12-18-15-21(3,4)20(22-18)16(2)14-17-10-7-6-8-11-17/h6-8,10-11,14,18H,5,9,12-13,15H2,1-4H3/b16-14+/t18-/m1/s1. The molecule has 130 valence electrons. The van der Waals surface area contributed by atoms with Crippen molar-refractivity contribution in [2.75, 3.05) is 6.61 Å². The van der Waals surface area contributed by atoms with E-state index in [1.165, 1.54) is 16.8 Å². The number of hydrogen-bond acceptors (Lipinski definition) is 3. The van der Waals surface area contributed by atoms with Crippen LogP contribution in [0.1, 0.15) is 58.9 Å². The fourth-order valence-corrected chi connectivity index (χ4v) is 3.47. The van der Waals surface area contributed by atoms with E-state index < -0.39 is 0 Å². The van der Waals surface area contributed by atoms with Gasteiger partial charge in [0.1, 0.15) is 0 Å². The average Bonchev–Trinajstić information content (AvgIpc) is 2.83. The minimum absolute atomic E-state index is 0.0873. The average molecular weight is 327 g/mol. The summed E-state index contributed by atoms with van der Waals surface area (Å²) in [6.07, 6.45) is 5.54. The minimum atomic E-state index is -0.0980. The largest absolute Gasteiger partial charge is 0.466 e. The Bertz CT molecular complexity index is 614. The summed E-state index contributed by atoms with van der Waals surface area (Å²) in [6.45, 7) is 8.98. The monoisotopic (exact) mass is 327 g/mol. The Morgan fingerprint density at radius 2 is 2.04 bits per heavy atom. The van der Waals surface area contributed by atoms with Crippen molar-refractivity contribution in [2.45, 2.75) is 59.4 Å². The van der Waals surface area contributed by atoms with E-state index in [4.69, 9.17) is 9.73 Å². The molecular formula is C21H29NO2. The van der Waals surface area contributed by atoms with Crippen LogP contribution in [0.2, 0.25) is 0 Å². The highest BCUT2D eigenvalue weighted by molar-refractivity contribution is 6.07. The lowest BCUT2D eigenvalue weighted by Crippen LogP contribution is -2.21. The highest BCUT2D eigenvalue weighted by Gasteiger charge is 2.35. The summed E-state index contributed by atoms with van der Waals surface area (Å²) in [6, 6.07) is 10.7. The number of esters is 1. The van der Waals surface area contributed by atoms with Gasteiger partial charge >= 0.3 is 5.97 Å². The second kappa shape index (κ2) is 8.27. The normalized spacial score (nSPS) is 19.9. The number of benzene rings is 1. The summed E-state index contributed by atoms with van der Waals surface area (Å²) < 4.78 is 4.99. The van der Waals surface area contributed by atoms with Crippen LogP contribution in [-0.4, -0.2) is 24.3 Å². The molecule has 0 saturated heterocycles. The summed E-state index contributed by atoms with van der Waals surface area (Å²) >= 11 is 0. The molecule has 0 spiro atoms. The molecular weight excluding hydrogens is 298 g/mol. The molecule has 3 nitrogen and oxygen atoms in total. The van der Waals surface area contributed by atoms with Crippen LogP contribution in [0.5, 0.6) is 0 Å². The third-order valence-corrected chi connectivity index (χ3v) is 4.48. The van der Waals surface area contributed by atoms with Gasteiger partial charge in [-0.05, 0) is 44.2 Å². The lowest BCUT2D eigenvalue weighted by Gasteiger charge is -2.21. The van der Waals surface area contributed by atoms with E-state index in [-0.39, 0.29) is 11.4 Å². The molecule has 0 fully saturated rings. The van der Waals surface area contributed by atoms with Crippen molar-refractivity contribution in [3.63, 3.8) is 0 Å². The third kappa shape index (κ3) is 5.05. The first kappa shape index (κ1) is 18.4. The van der Waals surface area contributed by atoms with Crippen LogP contribution in [-0.2, 0) is 9.53 Å². The third-order valence-electron chi connectivity index (χ3n) is 4.48. The molecule has 0 amide bonds. The van der Waals surface area contributed by atoms with E-state index in [2.05, 4.69) is 51.1 Å². The van der Waals surface area contributed by atoms with E-state index in [1.807, 2.05) is 13.0 Å². The maximum atomic E-state index is 11.5. The van der Waals surface area contributed by atoms with E-state index in [0.29, 0.717) is 19.1 Å². The van der Waals surface area contributed by atoms with Gasteiger partial charge in [0.2, 0.25) is 0 Å². The van der Waals surface area contributed by atoms with Gasteiger partial charge in [0.05, 0.1) is 12.6 Å². The van der Waals surface area contributed by atoms with Crippen LogP contribution in [0.15, 0.2) is 40.9 Å². The summed E-state index contributed by atoms with van der Waals surface area (Å²) in [7, 11) is 0. The maximum absolute atomic E-state index is 11.5. The number of rotatable bonds is 7. The number of hydrogen-bond donors (Lipinski definition) is 0. The Hall–Kier alpha value is -1.90. The van der Waals surface area contributed by atoms with Crippen LogP contribution in [0.4, 0.5) is 0 Å². The van der Waals surface area contributed by atoms with Crippen molar-refractivity contribution in [1.29, 1.82) is 0 Å². The predicted octanol–water partition coefficient (Wildman–Crippen LogP) is 5.06. The summed E-state index contributed by atoms with van der Waals surface area (Å²) in [5.41, 5.74) is 3.73. The van der Waals surface area contributed by atoms with Gasteiger partial charge < -0.3 is 4.74 Å².